The number of halogens is 1. The second-order valence-electron chi connectivity index (χ2n) is 3.05. The van der Waals surface area contributed by atoms with Crippen LogP contribution in [0.2, 0.25) is 0 Å². The summed E-state index contributed by atoms with van der Waals surface area (Å²) in [6.07, 6.45) is 0.915. The van der Waals surface area contributed by atoms with Crippen LogP contribution in [0.25, 0.3) is 0 Å². The van der Waals surface area contributed by atoms with Crippen LogP contribution in [-0.4, -0.2) is 6.54 Å². The predicted octanol–water partition coefficient (Wildman–Crippen LogP) is 1.64. The molecule has 3 heteroatoms. The number of rotatable bonds is 0. The van der Waals surface area contributed by atoms with E-state index in [4.69, 9.17) is 5.73 Å². The first-order chi connectivity index (χ1) is 5.77. The molecule has 64 valence electrons. The Kier molecular flexibility index (Phi) is 1.73. The SMILES string of the molecule is NC1CCNc2cc(F)ccc21. The van der Waals surface area contributed by atoms with E-state index in [0.717, 1.165) is 24.2 Å². The number of hydrogen-bond acceptors (Lipinski definition) is 2. The van der Waals surface area contributed by atoms with Crippen LogP contribution in [0.4, 0.5) is 10.1 Å². The van der Waals surface area contributed by atoms with Crippen molar-refractivity contribution in [3.63, 3.8) is 0 Å². The first-order valence-electron chi connectivity index (χ1n) is 4.06. The van der Waals surface area contributed by atoms with Gasteiger partial charge >= 0.3 is 0 Å². The van der Waals surface area contributed by atoms with Crippen LogP contribution in [0.5, 0.6) is 0 Å². The van der Waals surface area contributed by atoms with E-state index in [0.29, 0.717) is 0 Å². The van der Waals surface area contributed by atoms with Gasteiger partial charge in [0.05, 0.1) is 0 Å². The Morgan fingerprint density at radius 1 is 1.50 bits per heavy atom. The van der Waals surface area contributed by atoms with E-state index >= 15 is 0 Å². The van der Waals surface area contributed by atoms with E-state index in [2.05, 4.69) is 5.32 Å². The van der Waals surface area contributed by atoms with Gasteiger partial charge in [-0.05, 0) is 24.1 Å². The van der Waals surface area contributed by atoms with Gasteiger partial charge in [0, 0.05) is 18.3 Å². The molecule has 0 fully saturated rings. The van der Waals surface area contributed by atoms with E-state index in [9.17, 15) is 4.39 Å². The molecule has 0 saturated heterocycles. The lowest BCUT2D eigenvalue weighted by Gasteiger charge is -2.23. The molecule has 1 aromatic rings. The quantitative estimate of drug-likeness (QED) is 0.615. The second kappa shape index (κ2) is 2.75. The summed E-state index contributed by atoms with van der Waals surface area (Å²) < 4.78 is 12.7. The highest BCUT2D eigenvalue weighted by atomic mass is 19.1. The van der Waals surface area contributed by atoms with E-state index in [-0.39, 0.29) is 11.9 Å². The van der Waals surface area contributed by atoms with Crippen molar-refractivity contribution in [2.45, 2.75) is 12.5 Å². The van der Waals surface area contributed by atoms with Gasteiger partial charge in [-0.2, -0.15) is 0 Å². The number of nitrogens with one attached hydrogen (secondary N) is 1. The summed E-state index contributed by atoms with van der Waals surface area (Å²) >= 11 is 0. The maximum atomic E-state index is 12.7. The van der Waals surface area contributed by atoms with E-state index in [1.807, 2.05) is 0 Å². The summed E-state index contributed by atoms with van der Waals surface area (Å²) in [7, 11) is 0. The number of hydrogen-bond donors (Lipinski definition) is 2. The lowest BCUT2D eigenvalue weighted by atomic mass is 9.99. The number of nitrogens with two attached hydrogens (primary N) is 1. The van der Waals surface area contributed by atoms with Crippen LogP contribution in [0, 0.1) is 5.82 Å². The molecular weight excluding hydrogens is 155 g/mol. The van der Waals surface area contributed by atoms with Crippen molar-refractivity contribution in [2.75, 3.05) is 11.9 Å². The van der Waals surface area contributed by atoms with Gasteiger partial charge in [0.15, 0.2) is 0 Å². The molecule has 3 N–H and O–H groups in total. The van der Waals surface area contributed by atoms with Crippen LogP contribution in [0.1, 0.15) is 18.0 Å². The summed E-state index contributed by atoms with van der Waals surface area (Å²) in [6.45, 7) is 0.831. The highest BCUT2D eigenvalue weighted by molar-refractivity contribution is 5.54. The third-order valence-corrected chi connectivity index (χ3v) is 2.19. The fourth-order valence-corrected chi connectivity index (χ4v) is 1.52. The van der Waals surface area contributed by atoms with Crippen molar-refractivity contribution in [3.8, 4) is 0 Å². The van der Waals surface area contributed by atoms with Crippen molar-refractivity contribution >= 4 is 5.69 Å². The lowest BCUT2D eigenvalue weighted by Crippen LogP contribution is -2.22. The minimum atomic E-state index is -0.213. The van der Waals surface area contributed by atoms with Gasteiger partial charge < -0.3 is 11.1 Å². The van der Waals surface area contributed by atoms with Crippen molar-refractivity contribution < 1.29 is 4.39 Å². The Labute approximate surface area is 70.6 Å². The Morgan fingerprint density at radius 3 is 3.17 bits per heavy atom. The molecule has 0 aromatic heterocycles. The van der Waals surface area contributed by atoms with Crippen molar-refractivity contribution in [2.24, 2.45) is 5.73 Å². The Balaban J connectivity index is 2.46. The zero-order chi connectivity index (χ0) is 8.55. The van der Waals surface area contributed by atoms with Gasteiger partial charge in [-0.15, -0.1) is 0 Å². The zero-order valence-corrected chi connectivity index (χ0v) is 6.68. The first-order valence-corrected chi connectivity index (χ1v) is 4.06. The topological polar surface area (TPSA) is 38.0 Å². The third-order valence-electron chi connectivity index (χ3n) is 2.19. The molecule has 1 atom stereocenters. The fourth-order valence-electron chi connectivity index (χ4n) is 1.52. The Hall–Kier alpha value is -1.09. The second-order valence-corrected chi connectivity index (χ2v) is 3.05. The monoisotopic (exact) mass is 166 g/mol. The van der Waals surface area contributed by atoms with E-state index in [1.165, 1.54) is 12.1 Å². The molecule has 0 aliphatic carbocycles. The van der Waals surface area contributed by atoms with Gasteiger partial charge in [0.25, 0.3) is 0 Å². The number of benzene rings is 1. The molecule has 1 unspecified atom stereocenters. The summed E-state index contributed by atoms with van der Waals surface area (Å²) in [5.74, 6) is -0.213. The summed E-state index contributed by atoms with van der Waals surface area (Å²) in [5, 5.41) is 3.11. The normalized spacial score (nSPS) is 21.3. The highest BCUT2D eigenvalue weighted by Gasteiger charge is 2.15. The van der Waals surface area contributed by atoms with Crippen LogP contribution >= 0.6 is 0 Å². The molecular formula is C9H11FN2. The third kappa shape index (κ3) is 1.16. The minimum absolute atomic E-state index is 0.0573. The van der Waals surface area contributed by atoms with E-state index in [1.54, 1.807) is 6.07 Å². The molecule has 0 amide bonds. The minimum Gasteiger partial charge on any atom is -0.385 e. The van der Waals surface area contributed by atoms with Crippen LogP contribution in [0.3, 0.4) is 0 Å². The van der Waals surface area contributed by atoms with E-state index < -0.39 is 0 Å². The number of fused-ring (bicyclic) bond motifs is 1. The smallest absolute Gasteiger partial charge is 0.125 e. The molecule has 2 rings (SSSR count). The molecule has 1 aromatic carbocycles. The molecule has 0 saturated carbocycles. The van der Waals surface area contributed by atoms with Crippen LogP contribution < -0.4 is 11.1 Å². The van der Waals surface area contributed by atoms with Crippen molar-refractivity contribution in [1.82, 2.24) is 0 Å². The standard InChI is InChI=1S/C9H11FN2/c10-6-1-2-7-8(11)3-4-12-9(7)5-6/h1-2,5,8,12H,3-4,11H2. The largest absolute Gasteiger partial charge is 0.385 e. The summed E-state index contributed by atoms with van der Waals surface area (Å²) in [5.41, 5.74) is 7.69. The maximum absolute atomic E-state index is 12.7. The average Bonchev–Trinajstić information content (AvgIpc) is 2.04. The lowest BCUT2D eigenvalue weighted by molar-refractivity contribution is 0.616. The molecule has 0 spiro atoms. The number of anilines is 1. The average molecular weight is 166 g/mol. The van der Waals surface area contributed by atoms with Crippen LogP contribution in [-0.2, 0) is 0 Å². The highest BCUT2D eigenvalue weighted by Crippen LogP contribution is 2.28. The van der Waals surface area contributed by atoms with Gasteiger partial charge in [0.1, 0.15) is 5.82 Å². The maximum Gasteiger partial charge on any atom is 0.125 e. The molecule has 0 radical (unpaired) electrons. The molecule has 1 aliphatic heterocycles. The Bertz CT molecular complexity index is 299. The first kappa shape index (κ1) is 7.55. The molecule has 2 nitrogen and oxygen atoms in total. The fraction of sp³-hybridized carbons (Fsp3) is 0.333. The van der Waals surface area contributed by atoms with Gasteiger partial charge in [-0.25, -0.2) is 4.39 Å². The van der Waals surface area contributed by atoms with Gasteiger partial charge in [0.2, 0.25) is 0 Å². The van der Waals surface area contributed by atoms with Crippen molar-refractivity contribution in [1.29, 1.82) is 0 Å². The molecule has 0 bridgehead atoms. The predicted molar refractivity (Wildman–Crippen MR) is 46.4 cm³/mol. The van der Waals surface area contributed by atoms with Crippen LogP contribution in [0.15, 0.2) is 18.2 Å². The summed E-state index contributed by atoms with van der Waals surface area (Å²) in [4.78, 5) is 0. The Morgan fingerprint density at radius 2 is 2.33 bits per heavy atom. The van der Waals surface area contributed by atoms with Gasteiger partial charge in [-0.3, -0.25) is 0 Å². The molecule has 12 heavy (non-hydrogen) atoms. The van der Waals surface area contributed by atoms with Gasteiger partial charge in [-0.1, -0.05) is 6.07 Å². The summed E-state index contributed by atoms with van der Waals surface area (Å²) in [6, 6.07) is 4.75. The zero-order valence-electron chi connectivity index (χ0n) is 6.68. The molecule has 1 aliphatic rings. The van der Waals surface area contributed by atoms with Crippen molar-refractivity contribution in [3.05, 3.63) is 29.6 Å². The molecule has 1 heterocycles.